The van der Waals surface area contributed by atoms with E-state index < -0.39 is 0 Å². The van der Waals surface area contributed by atoms with Crippen molar-refractivity contribution in [2.24, 2.45) is 21.7 Å². The van der Waals surface area contributed by atoms with Gasteiger partial charge < -0.3 is 11.5 Å². The molecular formula is C16H13FN4. The first-order valence-electron chi connectivity index (χ1n) is 6.14. The normalized spacial score (nSPS) is 9.95. The molecule has 0 saturated carbocycles. The summed E-state index contributed by atoms with van der Waals surface area (Å²) in [4.78, 5) is 0. The van der Waals surface area contributed by atoms with Crippen LogP contribution in [0.5, 0.6) is 0 Å². The van der Waals surface area contributed by atoms with Gasteiger partial charge in [-0.25, -0.2) is 4.39 Å². The highest BCUT2D eigenvalue weighted by atomic mass is 19.1. The van der Waals surface area contributed by atoms with Crippen LogP contribution in [0.1, 0.15) is 16.7 Å². The molecule has 0 aromatic heterocycles. The number of nitrogens with zero attached hydrogens (tertiary/aromatic N) is 2. The van der Waals surface area contributed by atoms with Crippen molar-refractivity contribution in [1.82, 2.24) is 0 Å². The van der Waals surface area contributed by atoms with Crippen LogP contribution in [0.3, 0.4) is 0 Å². The summed E-state index contributed by atoms with van der Waals surface area (Å²) in [6, 6.07) is 13.7. The summed E-state index contributed by atoms with van der Waals surface area (Å²) in [7, 11) is 0. The van der Waals surface area contributed by atoms with E-state index in [1.54, 1.807) is 6.07 Å². The monoisotopic (exact) mass is 280 g/mol. The van der Waals surface area contributed by atoms with E-state index in [1.165, 1.54) is 18.3 Å². The number of hydrogen-bond acceptors (Lipinski definition) is 2. The van der Waals surface area contributed by atoms with E-state index in [1.807, 2.05) is 30.3 Å². The van der Waals surface area contributed by atoms with Gasteiger partial charge in [0.25, 0.3) is 0 Å². The second-order valence-electron chi connectivity index (χ2n) is 4.12. The Morgan fingerprint density at radius 3 is 2.52 bits per heavy atom. The average Bonchev–Trinajstić information content (AvgIpc) is 2.48. The number of rotatable bonds is 2. The van der Waals surface area contributed by atoms with Crippen LogP contribution in [0.25, 0.3) is 0 Å². The molecule has 2 aromatic carbocycles. The molecule has 0 aliphatic rings. The summed E-state index contributed by atoms with van der Waals surface area (Å²) < 4.78 is 13.3. The molecule has 0 unspecified atom stereocenters. The minimum Gasteiger partial charge on any atom is -0.369 e. The minimum atomic E-state index is -0.369. The second-order valence-corrected chi connectivity index (χ2v) is 4.12. The predicted octanol–water partition coefficient (Wildman–Crippen LogP) is 1.83. The van der Waals surface area contributed by atoms with E-state index in [-0.39, 0.29) is 11.8 Å². The molecule has 104 valence electrons. The van der Waals surface area contributed by atoms with E-state index in [0.29, 0.717) is 11.1 Å². The van der Waals surface area contributed by atoms with Gasteiger partial charge in [-0.05, 0) is 30.3 Å². The third-order valence-corrected chi connectivity index (χ3v) is 2.50. The Hall–Kier alpha value is -3.13. The first-order chi connectivity index (χ1) is 10.1. The fourth-order valence-electron chi connectivity index (χ4n) is 1.57. The lowest BCUT2D eigenvalue weighted by Gasteiger charge is -1.98. The number of halogens is 1. The SMILES string of the molecule is NC(N)=NN=Cc1ccc(F)cc1C#Cc1ccccc1. The van der Waals surface area contributed by atoms with E-state index >= 15 is 0 Å². The second kappa shape index (κ2) is 6.87. The van der Waals surface area contributed by atoms with Crippen LogP contribution in [-0.2, 0) is 0 Å². The Balaban J connectivity index is 2.34. The van der Waals surface area contributed by atoms with Gasteiger partial charge >= 0.3 is 0 Å². The number of hydrogen-bond donors (Lipinski definition) is 2. The molecule has 0 spiro atoms. The molecule has 0 atom stereocenters. The van der Waals surface area contributed by atoms with Crippen molar-refractivity contribution in [3.05, 3.63) is 71.0 Å². The summed E-state index contributed by atoms with van der Waals surface area (Å²) >= 11 is 0. The van der Waals surface area contributed by atoms with E-state index in [9.17, 15) is 4.39 Å². The molecule has 2 rings (SSSR count). The molecule has 0 bridgehead atoms. The molecule has 0 aliphatic carbocycles. The van der Waals surface area contributed by atoms with Crippen molar-refractivity contribution in [3.8, 4) is 11.8 Å². The van der Waals surface area contributed by atoms with Crippen LogP contribution in [0, 0.1) is 17.7 Å². The maximum atomic E-state index is 13.3. The van der Waals surface area contributed by atoms with Crippen LogP contribution < -0.4 is 11.5 Å². The molecule has 0 fully saturated rings. The summed E-state index contributed by atoms with van der Waals surface area (Å²) in [6.45, 7) is 0. The van der Waals surface area contributed by atoms with Crippen molar-refractivity contribution in [1.29, 1.82) is 0 Å². The van der Waals surface area contributed by atoms with Crippen LogP contribution in [0.4, 0.5) is 4.39 Å². The zero-order valence-corrected chi connectivity index (χ0v) is 11.1. The molecule has 0 saturated heterocycles. The smallest absolute Gasteiger partial charge is 0.211 e. The molecule has 5 heteroatoms. The maximum Gasteiger partial charge on any atom is 0.211 e. The first-order valence-corrected chi connectivity index (χ1v) is 6.14. The summed E-state index contributed by atoms with van der Waals surface area (Å²) in [5.41, 5.74) is 12.3. The van der Waals surface area contributed by atoms with Crippen molar-refractivity contribution >= 4 is 12.2 Å². The van der Waals surface area contributed by atoms with Crippen LogP contribution >= 0.6 is 0 Å². The highest BCUT2D eigenvalue weighted by molar-refractivity contribution is 5.84. The Morgan fingerprint density at radius 2 is 1.81 bits per heavy atom. The van der Waals surface area contributed by atoms with Crippen molar-refractivity contribution in [3.63, 3.8) is 0 Å². The van der Waals surface area contributed by atoms with Crippen LogP contribution in [-0.4, -0.2) is 12.2 Å². The lowest BCUT2D eigenvalue weighted by atomic mass is 10.1. The fraction of sp³-hybridized carbons (Fsp3) is 0. The van der Waals surface area contributed by atoms with Gasteiger partial charge in [0.2, 0.25) is 5.96 Å². The number of nitrogens with two attached hydrogens (primary N) is 2. The van der Waals surface area contributed by atoms with Gasteiger partial charge in [0.05, 0.1) is 6.21 Å². The fourth-order valence-corrected chi connectivity index (χ4v) is 1.57. The third-order valence-electron chi connectivity index (χ3n) is 2.50. The Morgan fingerprint density at radius 1 is 1.05 bits per heavy atom. The summed E-state index contributed by atoms with van der Waals surface area (Å²) in [5, 5.41) is 7.21. The molecule has 2 aromatic rings. The molecule has 0 aliphatic heterocycles. The van der Waals surface area contributed by atoms with Gasteiger partial charge in [-0.15, -0.1) is 5.10 Å². The Labute approximate surface area is 122 Å². The topological polar surface area (TPSA) is 76.8 Å². The molecule has 0 radical (unpaired) electrons. The Bertz CT molecular complexity index is 736. The van der Waals surface area contributed by atoms with Gasteiger partial charge in [0.15, 0.2) is 0 Å². The molecule has 4 nitrogen and oxygen atoms in total. The predicted molar refractivity (Wildman–Crippen MR) is 82.2 cm³/mol. The standard InChI is InChI=1S/C16H13FN4/c17-15-9-8-14(11-20-21-16(18)19)13(10-15)7-6-12-4-2-1-3-5-12/h1-5,8-11H,(H4,18,19,21). The molecule has 4 N–H and O–H groups in total. The third kappa shape index (κ3) is 4.48. The Kier molecular flexibility index (Phi) is 4.67. The molecule has 21 heavy (non-hydrogen) atoms. The van der Waals surface area contributed by atoms with Crippen LogP contribution in [0.2, 0.25) is 0 Å². The van der Waals surface area contributed by atoms with Gasteiger partial charge in [-0.3, -0.25) is 0 Å². The van der Waals surface area contributed by atoms with Gasteiger partial charge in [-0.2, -0.15) is 5.10 Å². The highest BCUT2D eigenvalue weighted by Gasteiger charge is 1.99. The van der Waals surface area contributed by atoms with Crippen LogP contribution in [0.15, 0.2) is 58.7 Å². The quantitative estimate of drug-likeness (QED) is 0.381. The average molecular weight is 280 g/mol. The summed E-state index contributed by atoms with van der Waals surface area (Å²) in [6.07, 6.45) is 1.42. The van der Waals surface area contributed by atoms with Gasteiger partial charge in [0.1, 0.15) is 5.82 Å². The maximum absolute atomic E-state index is 13.3. The zero-order valence-electron chi connectivity index (χ0n) is 11.1. The highest BCUT2D eigenvalue weighted by Crippen LogP contribution is 2.09. The minimum absolute atomic E-state index is 0.148. The van der Waals surface area contributed by atoms with Crippen molar-refractivity contribution < 1.29 is 4.39 Å². The molecular weight excluding hydrogens is 267 g/mol. The number of guanidine groups is 1. The van der Waals surface area contributed by atoms with E-state index in [4.69, 9.17) is 11.5 Å². The lowest BCUT2D eigenvalue weighted by Crippen LogP contribution is -2.21. The lowest BCUT2D eigenvalue weighted by molar-refractivity contribution is 0.627. The first kappa shape index (κ1) is 14.3. The van der Waals surface area contributed by atoms with Crippen molar-refractivity contribution in [2.45, 2.75) is 0 Å². The summed E-state index contributed by atoms with van der Waals surface area (Å²) in [5.74, 6) is 5.36. The van der Waals surface area contributed by atoms with E-state index in [0.717, 1.165) is 5.56 Å². The molecule has 0 amide bonds. The van der Waals surface area contributed by atoms with Crippen molar-refractivity contribution in [2.75, 3.05) is 0 Å². The zero-order chi connectivity index (χ0) is 15.1. The number of benzene rings is 2. The van der Waals surface area contributed by atoms with E-state index in [2.05, 4.69) is 22.0 Å². The van der Waals surface area contributed by atoms with Gasteiger partial charge in [-0.1, -0.05) is 30.0 Å². The molecule has 0 heterocycles. The van der Waals surface area contributed by atoms with Gasteiger partial charge in [0, 0.05) is 16.7 Å². The largest absolute Gasteiger partial charge is 0.369 e.